The zero-order valence-electron chi connectivity index (χ0n) is 17.8. The summed E-state index contributed by atoms with van der Waals surface area (Å²) < 4.78 is 5.92. The summed E-state index contributed by atoms with van der Waals surface area (Å²) in [7, 11) is -0.754. The number of rotatable bonds is 5. The molecular weight excluding hydrogens is 453 g/mol. The molecule has 2 nitrogen and oxygen atoms in total. The van der Waals surface area contributed by atoms with Crippen LogP contribution < -0.4 is 10.6 Å². The Balaban J connectivity index is 0.000000427. The van der Waals surface area contributed by atoms with E-state index >= 15 is 0 Å². The first-order valence-electron chi connectivity index (χ1n) is 10.1. The van der Waals surface area contributed by atoms with E-state index in [4.69, 9.17) is 10.1 Å². The van der Waals surface area contributed by atoms with Crippen LogP contribution in [0, 0.1) is 24.3 Å². The van der Waals surface area contributed by atoms with E-state index in [9.17, 15) is 0 Å². The fraction of sp³-hybridized carbons (Fsp3) is 0.179. The van der Waals surface area contributed by atoms with Crippen LogP contribution >= 0.6 is 7.92 Å². The summed E-state index contributed by atoms with van der Waals surface area (Å²) in [4.78, 5) is 0. The second-order valence-corrected chi connectivity index (χ2v) is 9.44. The van der Waals surface area contributed by atoms with Gasteiger partial charge in [-0.25, -0.2) is 5.73 Å². The molecule has 2 aromatic carbocycles. The van der Waals surface area contributed by atoms with Gasteiger partial charge in [-0.3, -0.25) is 11.5 Å². The molecule has 156 valence electrons. The summed E-state index contributed by atoms with van der Waals surface area (Å²) in [6.45, 7) is 4.99. The molecule has 3 aliphatic rings. The molecule has 1 saturated heterocycles. The third-order valence-corrected chi connectivity index (χ3v) is 7.24. The van der Waals surface area contributed by atoms with Crippen LogP contribution in [0.1, 0.15) is 13.8 Å². The van der Waals surface area contributed by atoms with Crippen molar-refractivity contribution in [3.05, 3.63) is 130 Å². The molecule has 1 heterocycles. The molecule has 0 bridgehead atoms. The number of allylic oxidation sites excluding steroid dienone is 2. The zero-order chi connectivity index (χ0) is 21.5. The van der Waals surface area contributed by atoms with Gasteiger partial charge in [-0.2, -0.15) is 0 Å². The van der Waals surface area contributed by atoms with Crippen LogP contribution in [0.3, 0.4) is 0 Å². The second-order valence-electron chi connectivity index (χ2n) is 7.29. The van der Waals surface area contributed by atoms with E-state index in [0.29, 0.717) is 18.8 Å². The molecular formula is C28H20FeNOP. The van der Waals surface area contributed by atoms with E-state index in [1.807, 2.05) is 12.1 Å². The van der Waals surface area contributed by atoms with Gasteiger partial charge < -0.3 is 10.1 Å². The molecule has 1 atom stereocenters. The Hall–Kier alpha value is -2.53. The Bertz CT molecular complexity index is 1160. The van der Waals surface area contributed by atoms with Crippen molar-refractivity contribution in [2.24, 2.45) is 5.92 Å². The number of hydrogen-bond acceptors (Lipinski definition) is 1. The van der Waals surface area contributed by atoms with Gasteiger partial charge in [-0.1, -0.05) is 91.9 Å². The standard InChI is InChI=1S/C23H20NOP.C5.Fe/c1-17(2)21-16-25-23(24-21)20-14-9-15-22(20)26(18-10-5-3-6-11-18)19-12-7-4-8-13-19;1-2-4-5-3-1;/h3-8,10-13,17,21H,16H2,1-2H3;;/q2*-1;+2/t21-;;/m0../s1. The quantitative estimate of drug-likeness (QED) is 0.247. The first-order chi connectivity index (χ1) is 15.2. The number of nitrogens with zero attached hydrogens (tertiary/aromatic N) is 1. The molecule has 0 saturated carbocycles. The Morgan fingerprint density at radius 3 is 2.06 bits per heavy atom. The Kier molecular flexibility index (Phi) is 8.98. The summed E-state index contributed by atoms with van der Waals surface area (Å²) in [5.41, 5.74) is 18.0. The van der Waals surface area contributed by atoms with E-state index in [0.717, 1.165) is 10.9 Å². The van der Waals surface area contributed by atoms with Gasteiger partial charge >= 0.3 is 17.1 Å². The van der Waals surface area contributed by atoms with Crippen LogP contribution in [0.15, 0.2) is 106 Å². The van der Waals surface area contributed by atoms with Crippen LogP contribution in [0.2, 0.25) is 0 Å². The molecule has 1 fully saturated rings. The first kappa shape index (κ1) is 24.1. The first-order valence-corrected chi connectivity index (χ1v) is 11.5. The Morgan fingerprint density at radius 1 is 0.938 bits per heavy atom. The van der Waals surface area contributed by atoms with Crippen molar-refractivity contribution in [2.75, 3.05) is 6.61 Å². The van der Waals surface area contributed by atoms with Gasteiger partial charge in [-0.05, 0) is 24.3 Å². The van der Waals surface area contributed by atoms with Crippen LogP contribution in [-0.4, -0.2) is 12.6 Å². The smallest absolute Gasteiger partial charge is 0.623 e. The molecule has 4 heteroatoms. The number of benzene rings is 2. The SMILES string of the molecule is CC(C)[C@@H]1CO[C](C2=C=C=C=C2P(c2ccccc2)c2ccccc2)[N-]1.[C]1=C=C=C=[C-]1.[Fe+2]. The molecule has 1 aliphatic heterocycles. The zero-order valence-corrected chi connectivity index (χ0v) is 19.8. The fourth-order valence-corrected chi connectivity index (χ4v) is 5.48. The normalized spacial score (nSPS) is 17.6. The van der Waals surface area contributed by atoms with Crippen LogP contribution in [0.5, 0.6) is 0 Å². The van der Waals surface area contributed by atoms with Gasteiger partial charge in [0, 0.05) is 23.7 Å². The topological polar surface area (TPSA) is 23.3 Å². The second kappa shape index (κ2) is 11.9. The summed E-state index contributed by atoms with van der Waals surface area (Å²) in [5.74, 6) is 0.462. The molecule has 0 aromatic heterocycles. The minimum atomic E-state index is -0.754. The van der Waals surface area contributed by atoms with Gasteiger partial charge in [0.25, 0.3) is 0 Å². The predicted molar refractivity (Wildman–Crippen MR) is 125 cm³/mol. The third-order valence-electron chi connectivity index (χ3n) is 4.83. The summed E-state index contributed by atoms with van der Waals surface area (Å²) >= 11 is 0. The molecule has 2 aliphatic carbocycles. The fourth-order valence-electron chi connectivity index (χ4n) is 3.18. The molecule has 2 radical (unpaired) electrons. The van der Waals surface area contributed by atoms with Gasteiger partial charge in [0.1, 0.15) is 0 Å². The molecule has 5 rings (SSSR count). The summed E-state index contributed by atoms with van der Waals surface area (Å²) in [6.07, 6.45) is 5.69. The predicted octanol–water partition coefficient (Wildman–Crippen LogP) is 5.40. The van der Waals surface area contributed by atoms with Gasteiger partial charge in [0.15, 0.2) is 0 Å². The maximum atomic E-state index is 5.92. The van der Waals surface area contributed by atoms with Crippen molar-refractivity contribution >= 4 is 18.5 Å². The number of hydrogen-bond donors (Lipinski definition) is 0. The minimum absolute atomic E-state index is 0. The van der Waals surface area contributed by atoms with Crippen LogP contribution in [0.25, 0.3) is 5.32 Å². The average molecular weight is 473 g/mol. The van der Waals surface area contributed by atoms with Gasteiger partial charge in [0.2, 0.25) is 0 Å². The molecule has 2 aromatic rings. The van der Waals surface area contributed by atoms with Crippen molar-refractivity contribution < 1.29 is 21.8 Å². The molecule has 0 N–H and O–H groups in total. The third kappa shape index (κ3) is 5.83. The summed E-state index contributed by atoms with van der Waals surface area (Å²) in [5, 5.41) is 8.43. The van der Waals surface area contributed by atoms with Gasteiger partial charge in [-0.15, -0.1) is 18.2 Å². The van der Waals surface area contributed by atoms with E-state index in [-0.39, 0.29) is 23.1 Å². The van der Waals surface area contributed by atoms with Crippen molar-refractivity contribution in [2.45, 2.75) is 19.9 Å². The average Bonchev–Trinajstić information content (AvgIpc) is 3.58. The number of ether oxygens (including phenoxy) is 1. The maximum absolute atomic E-state index is 5.92. The van der Waals surface area contributed by atoms with E-state index in [1.54, 1.807) is 0 Å². The van der Waals surface area contributed by atoms with Crippen molar-refractivity contribution in [3.8, 4) is 0 Å². The van der Waals surface area contributed by atoms with Crippen LogP contribution in [-0.2, 0) is 21.8 Å². The van der Waals surface area contributed by atoms with Crippen molar-refractivity contribution in [1.29, 1.82) is 0 Å². The molecule has 0 amide bonds. The monoisotopic (exact) mass is 473 g/mol. The molecule has 0 spiro atoms. The van der Waals surface area contributed by atoms with Crippen molar-refractivity contribution in [1.82, 2.24) is 0 Å². The Morgan fingerprint density at radius 2 is 1.59 bits per heavy atom. The minimum Gasteiger partial charge on any atom is -0.623 e. The summed E-state index contributed by atoms with van der Waals surface area (Å²) in [6, 6.07) is 21.4. The van der Waals surface area contributed by atoms with E-state index in [2.05, 4.69) is 109 Å². The molecule has 32 heavy (non-hydrogen) atoms. The molecule has 0 unspecified atom stereocenters. The van der Waals surface area contributed by atoms with Gasteiger partial charge in [0.05, 0.1) is 0 Å². The van der Waals surface area contributed by atoms with Crippen LogP contribution in [0.4, 0.5) is 0 Å². The maximum Gasteiger partial charge on any atom is 2.00 e. The largest absolute Gasteiger partial charge is 2.00 e. The van der Waals surface area contributed by atoms with Crippen molar-refractivity contribution in [3.63, 3.8) is 0 Å². The Labute approximate surface area is 202 Å². The van der Waals surface area contributed by atoms with E-state index < -0.39 is 7.92 Å². The van der Waals surface area contributed by atoms with E-state index in [1.165, 1.54) is 10.6 Å².